The summed E-state index contributed by atoms with van der Waals surface area (Å²) in [5.41, 5.74) is 1.90. The van der Waals surface area contributed by atoms with Crippen molar-refractivity contribution < 1.29 is 13.2 Å². The second-order valence-corrected chi connectivity index (χ2v) is 7.32. The second-order valence-electron chi connectivity index (χ2n) is 5.37. The average Bonchev–Trinajstić information content (AvgIpc) is 2.56. The molecule has 2 aromatic carbocycles. The summed E-state index contributed by atoms with van der Waals surface area (Å²) in [5.74, 6) is 0. The fourth-order valence-electron chi connectivity index (χ4n) is 2.57. The standard InChI is InChI=1S/C18H18O3S/c1-14-9-11-16(12-10-14)22(19,20)17-8-5-13-21-18(17)15-6-3-2-4-7-15/h2-4,6-12,18H,5,13H2,1H3. The zero-order valence-electron chi connectivity index (χ0n) is 12.4. The van der Waals surface area contributed by atoms with Crippen molar-refractivity contribution in [3.05, 3.63) is 76.7 Å². The highest BCUT2D eigenvalue weighted by molar-refractivity contribution is 7.95. The molecule has 0 saturated heterocycles. The van der Waals surface area contributed by atoms with Crippen molar-refractivity contribution in [3.8, 4) is 0 Å². The van der Waals surface area contributed by atoms with Gasteiger partial charge in [-0.25, -0.2) is 8.42 Å². The molecule has 0 bridgehead atoms. The van der Waals surface area contributed by atoms with Crippen molar-refractivity contribution in [3.63, 3.8) is 0 Å². The molecular formula is C18H18O3S. The van der Waals surface area contributed by atoms with E-state index in [4.69, 9.17) is 4.74 Å². The second kappa shape index (κ2) is 6.07. The van der Waals surface area contributed by atoms with Gasteiger partial charge in [0.2, 0.25) is 9.84 Å². The Balaban J connectivity index is 2.04. The van der Waals surface area contributed by atoms with Crippen LogP contribution in [0.15, 0.2) is 70.5 Å². The molecule has 4 heteroatoms. The molecule has 114 valence electrons. The first-order valence-electron chi connectivity index (χ1n) is 7.27. The van der Waals surface area contributed by atoms with Crippen LogP contribution < -0.4 is 0 Å². The molecule has 1 aliphatic heterocycles. The summed E-state index contributed by atoms with van der Waals surface area (Å²) >= 11 is 0. The maximum atomic E-state index is 12.9. The molecule has 0 radical (unpaired) electrons. The van der Waals surface area contributed by atoms with Crippen LogP contribution in [0.2, 0.25) is 0 Å². The van der Waals surface area contributed by atoms with E-state index in [2.05, 4.69) is 0 Å². The highest BCUT2D eigenvalue weighted by Gasteiger charge is 2.31. The lowest BCUT2D eigenvalue weighted by Crippen LogP contribution is -2.19. The van der Waals surface area contributed by atoms with Crippen LogP contribution in [0.4, 0.5) is 0 Å². The predicted molar refractivity (Wildman–Crippen MR) is 86.2 cm³/mol. The van der Waals surface area contributed by atoms with E-state index in [0.717, 1.165) is 11.1 Å². The molecule has 3 nitrogen and oxygen atoms in total. The van der Waals surface area contributed by atoms with Gasteiger partial charge in [-0.3, -0.25) is 0 Å². The molecule has 0 fully saturated rings. The summed E-state index contributed by atoms with van der Waals surface area (Å²) in [6, 6.07) is 16.4. The van der Waals surface area contributed by atoms with Gasteiger partial charge in [0.05, 0.1) is 16.4 Å². The minimum Gasteiger partial charge on any atom is -0.368 e. The van der Waals surface area contributed by atoms with E-state index in [1.807, 2.05) is 49.4 Å². The fourth-order valence-corrected chi connectivity index (χ4v) is 4.16. The summed E-state index contributed by atoms with van der Waals surface area (Å²) in [6.07, 6.45) is 1.88. The lowest BCUT2D eigenvalue weighted by molar-refractivity contribution is 0.0762. The molecule has 1 unspecified atom stereocenters. The Morgan fingerprint density at radius 1 is 1.00 bits per heavy atom. The van der Waals surface area contributed by atoms with Crippen LogP contribution in [0.3, 0.4) is 0 Å². The number of hydrogen-bond acceptors (Lipinski definition) is 3. The van der Waals surface area contributed by atoms with E-state index in [0.29, 0.717) is 22.8 Å². The first kappa shape index (κ1) is 15.0. The van der Waals surface area contributed by atoms with Gasteiger partial charge in [-0.2, -0.15) is 0 Å². The molecular weight excluding hydrogens is 296 g/mol. The zero-order valence-corrected chi connectivity index (χ0v) is 13.2. The third-order valence-electron chi connectivity index (χ3n) is 3.75. The van der Waals surface area contributed by atoms with Gasteiger partial charge in [0.25, 0.3) is 0 Å². The van der Waals surface area contributed by atoms with E-state index in [1.54, 1.807) is 18.2 Å². The fraction of sp³-hybridized carbons (Fsp3) is 0.222. The highest BCUT2D eigenvalue weighted by Crippen LogP contribution is 2.36. The van der Waals surface area contributed by atoms with Gasteiger partial charge >= 0.3 is 0 Å². The van der Waals surface area contributed by atoms with E-state index in [9.17, 15) is 8.42 Å². The monoisotopic (exact) mass is 314 g/mol. The number of benzene rings is 2. The largest absolute Gasteiger partial charge is 0.368 e. The van der Waals surface area contributed by atoms with E-state index in [1.165, 1.54) is 0 Å². The summed E-state index contributed by atoms with van der Waals surface area (Å²) in [4.78, 5) is 0.657. The van der Waals surface area contributed by atoms with Crippen molar-refractivity contribution >= 4 is 9.84 Å². The quantitative estimate of drug-likeness (QED) is 0.865. The SMILES string of the molecule is Cc1ccc(S(=O)(=O)C2=CCCOC2c2ccccc2)cc1. The molecule has 0 aliphatic carbocycles. The minimum absolute atomic E-state index is 0.316. The van der Waals surface area contributed by atoms with Gasteiger partial charge in [-0.05, 0) is 31.0 Å². The molecule has 2 aromatic rings. The van der Waals surface area contributed by atoms with Crippen LogP contribution in [0.1, 0.15) is 23.7 Å². The van der Waals surface area contributed by atoms with Crippen LogP contribution in [-0.2, 0) is 14.6 Å². The van der Waals surface area contributed by atoms with Gasteiger partial charge < -0.3 is 4.74 Å². The number of hydrogen-bond donors (Lipinski definition) is 0. The maximum Gasteiger partial charge on any atom is 0.205 e. The number of aryl methyl sites for hydroxylation is 1. The average molecular weight is 314 g/mol. The van der Waals surface area contributed by atoms with Crippen molar-refractivity contribution in [1.29, 1.82) is 0 Å². The van der Waals surface area contributed by atoms with E-state index in [-0.39, 0.29) is 0 Å². The smallest absolute Gasteiger partial charge is 0.205 e. The minimum atomic E-state index is -3.54. The van der Waals surface area contributed by atoms with Gasteiger partial charge in [-0.15, -0.1) is 0 Å². The molecule has 0 spiro atoms. The van der Waals surface area contributed by atoms with Crippen molar-refractivity contribution in [2.24, 2.45) is 0 Å². The van der Waals surface area contributed by atoms with Gasteiger partial charge in [0, 0.05) is 0 Å². The summed E-state index contributed by atoms with van der Waals surface area (Å²) in [7, 11) is -3.54. The molecule has 3 rings (SSSR count). The van der Waals surface area contributed by atoms with Crippen molar-refractivity contribution in [2.45, 2.75) is 24.3 Å². The lowest BCUT2D eigenvalue weighted by atomic mass is 10.1. The van der Waals surface area contributed by atoms with Crippen LogP contribution >= 0.6 is 0 Å². The molecule has 1 atom stereocenters. The molecule has 0 amide bonds. The van der Waals surface area contributed by atoms with Crippen LogP contribution in [-0.4, -0.2) is 15.0 Å². The highest BCUT2D eigenvalue weighted by atomic mass is 32.2. The van der Waals surface area contributed by atoms with Crippen LogP contribution in [0.25, 0.3) is 0 Å². The third kappa shape index (κ3) is 2.85. The van der Waals surface area contributed by atoms with Gasteiger partial charge in [0.1, 0.15) is 6.10 Å². The molecule has 1 heterocycles. The normalized spacial score (nSPS) is 18.8. The molecule has 1 aliphatic rings. The van der Waals surface area contributed by atoms with Crippen LogP contribution in [0, 0.1) is 6.92 Å². The van der Waals surface area contributed by atoms with Crippen LogP contribution in [0.5, 0.6) is 0 Å². The Bertz CT molecular complexity index is 775. The Kier molecular flexibility index (Phi) is 4.14. The summed E-state index contributed by atoms with van der Waals surface area (Å²) in [5, 5.41) is 0. The molecule has 22 heavy (non-hydrogen) atoms. The molecule has 0 N–H and O–H groups in total. The first-order valence-corrected chi connectivity index (χ1v) is 8.76. The van der Waals surface area contributed by atoms with Gasteiger partial charge in [0.15, 0.2) is 0 Å². The third-order valence-corrected chi connectivity index (χ3v) is 5.64. The van der Waals surface area contributed by atoms with Gasteiger partial charge in [-0.1, -0.05) is 54.1 Å². The molecule has 0 saturated carbocycles. The number of rotatable bonds is 3. The summed E-state index contributed by atoms with van der Waals surface area (Å²) in [6.45, 7) is 2.47. The maximum absolute atomic E-state index is 12.9. The molecule has 0 aromatic heterocycles. The topological polar surface area (TPSA) is 43.4 Å². The van der Waals surface area contributed by atoms with E-state index < -0.39 is 15.9 Å². The van der Waals surface area contributed by atoms with Crippen molar-refractivity contribution in [1.82, 2.24) is 0 Å². The lowest BCUT2D eigenvalue weighted by Gasteiger charge is -2.25. The number of sulfone groups is 1. The first-order chi connectivity index (χ1) is 10.6. The Labute approximate surface area is 131 Å². The Morgan fingerprint density at radius 2 is 1.68 bits per heavy atom. The zero-order chi connectivity index (χ0) is 15.6. The summed E-state index contributed by atoms with van der Waals surface area (Å²) < 4.78 is 31.6. The Hall–Kier alpha value is -1.91. The van der Waals surface area contributed by atoms with Crippen molar-refractivity contribution in [2.75, 3.05) is 6.61 Å². The Morgan fingerprint density at radius 3 is 2.36 bits per heavy atom. The predicted octanol–water partition coefficient (Wildman–Crippen LogP) is 3.81. The number of ether oxygens (including phenoxy) is 1. The van der Waals surface area contributed by atoms with E-state index >= 15 is 0 Å².